The van der Waals surface area contributed by atoms with Crippen molar-refractivity contribution in [2.45, 2.75) is 0 Å². The molecule has 124 valence electrons. The van der Waals surface area contributed by atoms with Gasteiger partial charge in [-0.2, -0.15) is 0 Å². The molecule has 1 N–H and O–H groups in total. The quantitative estimate of drug-likeness (QED) is 0.709. The molecule has 8 heteroatoms. The summed E-state index contributed by atoms with van der Waals surface area (Å²) in [5.41, 5.74) is 2.25. The lowest BCUT2D eigenvalue weighted by molar-refractivity contribution is -0.135. The van der Waals surface area contributed by atoms with Gasteiger partial charge in [0.05, 0.1) is 26.9 Å². The second kappa shape index (κ2) is 6.84. The van der Waals surface area contributed by atoms with Crippen molar-refractivity contribution in [2.75, 3.05) is 18.5 Å². The van der Waals surface area contributed by atoms with Gasteiger partial charge in [-0.3, -0.25) is 4.79 Å². The highest BCUT2D eigenvalue weighted by molar-refractivity contribution is 7.14. The normalized spacial score (nSPS) is 10.8. The Bertz CT molecular complexity index is 891. The Hall–Kier alpha value is -2.02. The number of carboxylic acids is 1. The molecule has 0 saturated carbocycles. The molecule has 2 aromatic heterocycles. The van der Waals surface area contributed by atoms with Gasteiger partial charge in [0.15, 0.2) is 0 Å². The first-order valence-electron chi connectivity index (χ1n) is 6.96. The summed E-state index contributed by atoms with van der Waals surface area (Å²) >= 11 is 13.9. The van der Waals surface area contributed by atoms with E-state index in [2.05, 4.69) is 4.98 Å². The first-order chi connectivity index (χ1) is 11.5. The summed E-state index contributed by atoms with van der Waals surface area (Å²) in [6, 6.07) is 7.25. The predicted molar refractivity (Wildman–Crippen MR) is 97.8 cm³/mol. The molecular formula is C16H13Cl2N3O2S. The number of thiophene rings is 1. The Balaban J connectivity index is 1.94. The van der Waals surface area contributed by atoms with E-state index in [-0.39, 0.29) is 6.54 Å². The highest BCUT2D eigenvalue weighted by Gasteiger charge is 2.13. The van der Waals surface area contributed by atoms with Crippen molar-refractivity contribution < 1.29 is 9.90 Å². The van der Waals surface area contributed by atoms with Crippen molar-refractivity contribution in [3.05, 3.63) is 52.2 Å². The van der Waals surface area contributed by atoms with Crippen LogP contribution in [0.15, 0.2) is 42.2 Å². The molecule has 0 amide bonds. The van der Waals surface area contributed by atoms with Gasteiger partial charge in [-0.25, -0.2) is 4.98 Å². The topological polar surface area (TPSA) is 58.4 Å². The molecule has 0 atom stereocenters. The third-order valence-electron chi connectivity index (χ3n) is 3.44. The van der Waals surface area contributed by atoms with Gasteiger partial charge < -0.3 is 14.6 Å². The largest absolute Gasteiger partial charge is 0.480 e. The molecule has 2 heterocycles. The minimum absolute atomic E-state index is 0.136. The number of hydrogen-bond donors (Lipinski definition) is 1. The number of benzene rings is 1. The Kier molecular flexibility index (Phi) is 4.80. The Morgan fingerprint density at radius 2 is 2.12 bits per heavy atom. The Morgan fingerprint density at radius 3 is 2.79 bits per heavy atom. The van der Waals surface area contributed by atoms with E-state index < -0.39 is 5.97 Å². The molecule has 1 aromatic carbocycles. The van der Waals surface area contributed by atoms with E-state index in [1.54, 1.807) is 24.3 Å². The van der Waals surface area contributed by atoms with Gasteiger partial charge in [0.2, 0.25) is 0 Å². The number of halogens is 2. The fraction of sp³-hybridized carbons (Fsp3) is 0.125. The number of aromatic nitrogens is 2. The van der Waals surface area contributed by atoms with E-state index in [0.717, 1.165) is 16.3 Å². The number of imidazole rings is 1. The van der Waals surface area contributed by atoms with Crippen LogP contribution in [-0.4, -0.2) is 34.2 Å². The molecular weight excluding hydrogens is 369 g/mol. The first kappa shape index (κ1) is 16.8. The zero-order valence-corrected chi connectivity index (χ0v) is 14.9. The molecule has 0 bridgehead atoms. The van der Waals surface area contributed by atoms with E-state index in [4.69, 9.17) is 28.3 Å². The number of aliphatic carboxylic acids is 1. The highest BCUT2D eigenvalue weighted by Crippen LogP contribution is 2.33. The number of carboxylic acid groups (broad SMARTS) is 1. The molecule has 0 unspecified atom stereocenters. The van der Waals surface area contributed by atoms with Crippen LogP contribution >= 0.6 is 34.5 Å². The maximum Gasteiger partial charge on any atom is 0.323 e. The summed E-state index contributed by atoms with van der Waals surface area (Å²) in [6.07, 6.45) is 3.57. The van der Waals surface area contributed by atoms with E-state index >= 15 is 0 Å². The van der Waals surface area contributed by atoms with Crippen molar-refractivity contribution in [1.29, 1.82) is 0 Å². The lowest BCUT2D eigenvalue weighted by atomic mass is 10.2. The van der Waals surface area contributed by atoms with Gasteiger partial charge in [-0.15, -0.1) is 11.3 Å². The van der Waals surface area contributed by atoms with Crippen molar-refractivity contribution in [3.8, 4) is 16.3 Å². The number of rotatable bonds is 5. The monoisotopic (exact) mass is 381 g/mol. The second-order valence-corrected chi connectivity index (χ2v) is 6.88. The fourth-order valence-corrected chi connectivity index (χ4v) is 3.68. The zero-order valence-electron chi connectivity index (χ0n) is 12.6. The van der Waals surface area contributed by atoms with Crippen molar-refractivity contribution >= 4 is 46.2 Å². The Labute approximate surface area is 152 Å². The number of likely N-dealkylation sites (N-methyl/N-ethyl adjacent to an activating group) is 1. The van der Waals surface area contributed by atoms with E-state index in [0.29, 0.717) is 15.7 Å². The van der Waals surface area contributed by atoms with Gasteiger partial charge in [0.1, 0.15) is 12.2 Å². The minimum Gasteiger partial charge on any atom is -0.480 e. The smallest absolute Gasteiger partial charge is 0.323 e. The van der Waals surface area contributed by atoms with Gasteiger partial charge in [0.25, 0.3) is 0 Å². The molecule has 0 saturated heterocycles. The summed E-state index contributed by atoms with van der Waals surface area (Å²) < 4.78 is 1.85. The first-order valence-corrected chi connectivity index (χ1v) is 8.59. The lowest BCUT2D eigenvalue weighted by Crippen LogP contribution is -2.25. The summed E-state index contributed by atoms with van der Waals surface area (Å²) in [5, 5.41) is 12.0. The van der Waals surface area contributed by atoms with Gasteiger partial charge in [0, 0.05) is 18.9 Å². The molecule has 3 aromatic rings. The average molecular weight is 382 g/mol. The van der Waals surface area contributed by atoms with Crippen LogP contribution < -0.4 is 4.90 Å². The Morgan fingerprint density at radius 1 is 1.33 bits per heavy atom. The average Bonchev–Trinajstić information content (AvgIpc) is 3.15. The van der Waals surface area contributed by atoms with Crippen LogP contribution in [0.2, 0.25) is 10.0 Å². The second-order valence-electron chi connectivity index (χ2n) is 5.15. The van der Waals surface area contributed by atoms with Crippen LogP contribution in [0, 0.1) is 0 Å². The molecule has 0 spiro atoms. The SMILES string of the molecule is CN(CC(=O)O)c1cc(-n2cnc(-c3sccc3Cl)c2)ccc1Cl. The standard InChI is InChI=1S/C16H13Cl2N3O2S/c1-20(8-15(22)23)14-6-10(2-3-11(14)17)21-7-13(19-9-21)16-12(18)4-5-24-16/h2-7,9H,8H2,1H3,(H,22,23). The van der Waals surface area contributed by atoms with Crippen LogP contribution in [0.3, 0.4) is 0 Å². The molecule has 0 aliphatic heterocycles. The summed E-state index contributed by atoms with van der Waals surface area (Å²) in [5.74, 6) is -0.920. The number of nitrogens with zero attached hydrogens (tertiary/aromatic N) is 3. The fourth-order valence-electron chi connectivity index (χ4n) is 2.30. The molecule has 0 fully saturated rings. The van der Waals surface area contributed by atoms with Crippen molar-refractivity contribution in [2.24, 2.45) is 0 Å². The highest BCUT2D eigenvalue weighted by atomic mass is 35.5. The molecule has 24 heavy (non-hydrogen) atoms. The number of hydrogen-bond acceptors (Lipinski definition) is 4. The third-order valence-corrected chi connectivity index (χ3v) is 5.13. The van der Waals surface area contributed by atoms with Crippen molar-refractivity contribution in [3.63, 3.8) is 0 Å². The zero-order chi connectivity index (χ0) is 17.3. The maximum atomic E-state index is 10.9. The predicted octanol–water partition coefficient (Wildman–Crippen LogP) is 4.43. The lowest BCUT2D eigenvalue weighted by Gasteiger charge is -2.19. The van der Waals surface area contributed by atoms with Crippen LogP contribution in [0.25, 0.3) is 16.3 Å². The van der Waals surface area contributed by atoms with Gasteiger partial charge in [-0.05, 0) is 29.6 Å². The number of anilines is 1. The van der Waals surface area contributed by atoms with Gasteiger partial charge >= 0.3 is 5.97 Å². The van der Waals surface area contributed by atoms with E-state index in [1.165, 1.54) is 11.3 Å². The summed E-state index contributed by atoms with van der Waals surface area (Å²) in [4.78, 5) is 17.8. The number of carbonyl (C=O) groups is 1. The summed E-state index contributed by atoms with van der Waals surface area (Å²) in [6.45, 7) is -0.136. The van der Waals surface area contributed by atoms with Crippen LogP contribution in [0.1, 0.15) is 0 Å². The van der Waals surface area contributed by atoms with Gasteiger partial charge in [-0.1, -0.05) is 23.2 Å². The molecule has 5 nitrogen and oxygen atoms in total. The maximum absolute atomic E-state index is 10.9. The molecule has 0 radical (unpaired) electrons. The van der Waals surface area contributed by atoms with E-state index in [1.807, 2.05) is 34.3 Å². The van der Waals surface area contributed by atoms with Crippen molar-refractivity contribution in [1.82, 2.24) is 9.55 Å². The molecule has 0 aliphatic rings. The van der Waals surface area contributed by atoms with E-state index in [9.17, 15) is 4.79 Å². The van der Waals surface area contributed by atoms with Crippen LogP contribution in [0.5, 0.6) is 0 Å². The third kappa shape index (κ3) is 3.40. The molecule has 3 rings (SSSR count). The van der Waals surface area contributed by atoms with Crippen LogP contribution in [-0.2, 0) is 4.79 Å². The van der Waals surface area contributed by atoms with Crippen LogP contribution in [0.4, 0.5) is 5.69 Å². The molecule has 0 aliphatic carbocycles. The minimum atomic E-state index is -0.920. The summed E-state index contributed by atoms with van der Waals surface area (Å²) in [7, 11) is 1.68.